The molecular formula is C16H9ClF3NO2. The molecule has 7 heteroatoms. The molecule has 0 atom stereocenters. The molecule has 3 aromatic rings. The summed E-state index contributed by atoms with van der Waals surface area (Å²) in [5.74, 6) is -1.24. The Morgan fingerprint density at radius 1 is 1.09 bits per heavy atom. The third-order valence-corrected chi connectivity index (χ3v) is 3.65. The molecule has 2 aromatic carbocycles. The lowest BCUT2D eigenvalue weighted by Gasteiger charge is -2.12. The topological polar surface area (TPSA) is 42.2 Å². The number of alkyl halides is 3. The summed E-state index contributed by atoms with van der Waals surface area (Å²) in [4.78, 5) is 11.5. The van der Waals surface area contributed by atoms with E-state index in [-0.39, 0.29) is 11.4 Å². The lowest BCUT2D eigenvalue weighted by Crippen LogP contribution is -2.09. The molecule has 3 rings (SSSR count). The predicted octanol–water partition coefficient (Wildman–Crippen LogP) is 5.00. The summed E-state index contributed by atoms with van der Waals surface area (Å²) in [5.41, 5.74) is -0.399. The zero-order valence-electron chi connectivity index (χ0n) is 11.4. The SMILES string of the molecule is O=C(O)c1cc2cc(Cl)ccc2n1-c1cccc(C(F)(F)F)c1. The molecule has 0 spiro atoms. The van der Waals surface area contributed by atoms with E-state index in [0.717, 1.165) is 12.1 Å². The molecule has 1 N–H and O–H groups in total. The van der Waals surface area contributed by atoms with Gasteiger partial charge in [0.2, 0.25) is 0 Å². The van der Waals surface area contributed by atoms with Gasteiger partial charge >= 0.3 is 12.1 Å². The van der Waals surface area contributed by atoms with Crippen LogP contribution in [0.3, 0.4) is 0 Å². The number of benzene rings is 2. The second kappa shape index (κ2) is 5.31. The molecule has 0 unspecified atom stereocenters. The molecule has 0 aliphatic rings. The molecule has 0 amide bonds. The molecule has 3 nitrogen and oxygen atoms in total. The minimum Gasteiger partial charge on any atom is -0.477 e. The van der Waals surface area contributed by atoms with Gasteiger partial charge in [-0.25, -0.2) is 4.79 Å². The normalized spacial score (nSPS) is 11.8. The predicted molar refractivity (Wildman–Crippen MR) is 80.2 cm³/mol. The quantitative estimate of drug-likeness (QED) is 0.713. The molecule has 0 radical (unpaired) electrons. The van der Waals surface area contributed by atoms with Crippen LogP contribution in [0.25, 0.3) is 16.6 Å². The molecule has 0 fully saturated rings. The third kappa shape index (κ3) is 2.77. The zero-order chi connectivity index (χ0) is 16.8. The summed E-state index contributed by atoms with van der Waals surface area (Å²) in [6.45, 7) is 0. The molecule has 0 bridgehead atoms. The van der Waals surface area contributed by atoms with Crippen molar-refractivity contribution in [1.29, 1.82) is 0 Å². The highest BCUT2D eigenvalue weighted by atomic mass is 35.5. The van der Waals surface area contributed by atoms with Gasteiger partial charge in [-0.3, -0.25) is 0 Å². The zero-order valence-corrected chi connectivity index (χ0v) is 12.2. The van der Waals surface area contributed by atoms with Crippen LogP contribution in [0.1, 0.15) is 16.1 Å². The first kappa shape index (κ1) is 15.4. The van der Waals surface area contributed by atoms with Gasteiger partial charge in [0, 0.05) is 16.1 Å². The minimum atomic E-state index is -4.51. The highest BCUT2D eigenvalue weighted by Gasteiger charge is 2.31. The first-order valence-corrected chi connectivity index (χ1v) is 6.87. The molecule has 1 aromatic heterocycles. The first-order valence-electron chi connectivity index (χ1n) is 6.49. The Hall–Kier alpha value is -2.47. The van der Waals surface area contributed by atoms with Crippen LogP contribution < -0.4 is 0 Å². The standard InChI is InChI=1S/C16H9ClF3NO2/c17-11-4-5-13-9(6-11)7-14(15(22)23)21(13)12-3-1-2-10(8-12)16(18,19)20/h1-8H,(H,22,23). The Bertz CT molecular complexity index is 915. The smallest absolute Gasteiger partial charge is 0.416 e. The molecule has 118 valence electrons. The van der Waals surface area contributed by atoms with Crippen LogP contribution in [0.5, 0.6) is 0 Å². The Morgan fingerprint density at radius 2 is 1.83 bits per heavy atom. The fourth-order valence-electron chi connectivity index (χ4n) is 2.44. The van der Waals surface area contributed by atoms with Gasteiger partial charge in [0.15, 0.2) is 0 Å². The van der Waals surface area contributed by atoms with Gasteiger partial charge in [0.05, 0.1) is 11.1 Å². The van der Waals surface area contributed by atoms with Crippen molar-refractivity contribution >= 4 is 28.5 Å². The third-order valence-electron chi connectivity index (χ3n) is 3.41. The highest BCUT2D eigenvalue weighted by molar-refractivity contribution is 6.31. The van der Waals surface area contributed by atoms with E-state index in [1.165, 1.54) is 22.8 Å². The van der Waals surface area contributed by atoms with E-state index >= 15 is 0 Å². The van der Waals surface area contributed by atoms with Gasteiger partial charge in [0.1, 0.15) is 5.69 Å². The largest absolute Gasteiger partial charge is 0.477 e. The number of aromatic nitrogens is 1. The van der Waals surface area contributed by atoms with Crippen LogP contribution in [0.15, 0.2) is 48.5 Å². The highest BCUT2D eigenvalue weighted by Crippen LogP contribution is 2.32. The number of carbonyl (C=O) groups is 1. The maximum atomic E-state index is 12.9. The number of carboxylic acids is 1. The molecule has 23 heavy (non-hydrogen) atoms. The molecular weight excluding hydrogens is 331 g/mol. The number of hydrogen-bond acceptors (Lipinski definition) is 1. The summed E-state index contributed by atoms with van der Waals surface area (Å²) < 4.78 is 39.9. The van der Waals surface area contributed by atoms with Crippen LogP contribution in [0.2, 0.25) is 5.02 Å². The van der Waals surface area contributed by atoms with Crippen molar-refractivity contribution in [2.75, 3.05) is 0 Å². The van der Waals surface area contributed by atoms with Crippen LogP contribution in [-0.2, 0) is 6.18 Å². The number of rotatable bonds is 2. The van der Waals surface area contributed by atoms with Crippen LogP contribution in [0.4, 0.5) is 13.2 Å². The fourth-order valence-corrected chi connectivity index (χ4v) is 2.62. The number of hydrogen-bond donors (Lipinski definition) is 1. The number of fused-ring (bicyclic) bond motifs is 1. The van der Waals surface area contributed by atoms with Crippen molar-refractivity contribution in [2.24, 2.45) is 0 Å². The summed E-state index contributed by atoms with van der Waals surface area (Å²) in [6.07, 6.45) is -4.51. The molecule has 0 saturated carbocycles. The van der Waals surface area contributed by atoms with Gasteiger partial charge in [-0.2, -0.15) is 13.2 Å². The maximum Gasteiger partial charge on any atom is 0.416 e. The van der Waals surface area contributed by atoms with E-state index in [1.807, 2.05) is 0 Å². The lowest BCUT2D eigenvalue weighted by molar-refractivity contribution is -0.137. The van der Waals surface area contributed by atoms with Gasteiger partial charge in [0.25, 0.3) is 0 Å². The fraction of sp³-hybridized carbons (Fsp3) is 0.0625. The molecule has 1 heterocycles. The number of halogens is 4. The van der Waals surface area contributed by atoms with Crippen LogP contribution in [0, 0.1) is 0 Å². The molecule has 0 aliphatic heterocycles. The maximum absolute atomic E-state index is 12.9. The van der Waals surface area contributed by atoms with E-state index in [0.29, 0.717) is 15.9 Å². The summed E-state index contributed by atoms with van der Waals surface area (Å²) in [5, 5.41) is 10.3. The lowest BCUT2D eigenvalue weighted by atomic mass is 10.2. The second-order valence-corrected chi connectivity index (χ2v) is 5.36. The van der Waals surface area contributed by atoms with Crippen LogP contribution in [-0.4, -0.2) is 15.6 Å². The Kier molecular flexibility index (Phi) is 3.56. The Labute approximate surface area is 133 Å². The number of nitrogens with zero attached hydrogens (tertiary/aromatic N) is 1. The average molecular weight is 340 g/mol. The van der Waals surface area contributed by atoms with Crippen molar-refractivity contribution in [3.8, 4) is 5.69 Å². The van der Waals surface area contributed by atoms with Crippen molar-refractivity contribution < 1.29 is 23.1 Å². The summed E-state index contributed by atoms with van der Waals surface area (Å²) in [7, 11) is 0. The molecule has 0 saturated heterocycles. The van der Waals surface area contributed by atoms with Gasteiger partial charge in [-0.15, -0.1) is 0 Å². The van der Waals surface area contributed by atoms with Crippen molar-refractivity contribution in [2.45, 2.75) is 6.18 Å². The Morgan fingerprint density at radius 3 is 2.48 bits per heavy atom. The van der Waals surface area contributed by atoms with Gasteiger partial charge in [-0.1, -0.05) is 17.7 Å². The minimum absolute atomic E-state index is 0.120. The van der Waals surface area contributed by atoms with Gasteiger partial charge < -0.3 is 9.67 Å². The van der Waals surface area contributed by atoms with Crippen molar-refractivity contribution in [3.63, 3.8) is 0 Å². The Balaban J connectivity index is 2.31. The molecule has 0 aliphatic carbocycles. The van der Waals surface area contributed by atoms with Crippen molar-refractivity contribution in [1.82, 2.24) is 4.57 Å². The first-order chi connectivity index (χ1) is 10.8. The van der Waals surface area contributed by atoms with E-state index in [2.05, 4.69) is 0 Å². The average Bonchev–Trinajstić information content (AvgIpc) is 2.85. The summed E-state index contributed by atoms with van der Waals surface area (Å²) >= 11 is 5.89. The van der Waals surface area contributed by atoms with E-state index in [9.17, 15) is 23.1 Å². The van der Waals surface area contributed by atoms with E-state index in [1.54, 1.807) is 18.2 Å². The van der Waals surface area contributed by atoms with E-state index < -0.39 is 17.7 Å². The second-order valence-electron chi connectivity index (χ2n) is 4.92. The van der Waals surface area contributed by atoms with Crippen LogP contribution >= 0.6 is 11.6 Å². The van der Waals surface area contributed by atoms with Gasteiger partial charge in [-0.05, 0) is 42.5 Å². The van der Waals surface area contributed by atoms with Crippen molar-refractivity contribution in [3.05, 3.63) is 64.8 Å². The number of aromatic carboxylic acids is 1. The number of carboxylic acid groups (broad SMARTS) is 1. The van der Waals surface area contributed by atoms with E-state index in [4.69, 9.17) is 11.6 Å². The monoisotopic (exact) mass is 339 g/mol. The summed E-state index contributed by atoms with van der Waals surface area (Å²) in [6, 6.07) is 10.6.